The Morgan fingerprint density at radius 1 is 1.14 bits per heavy atom. The molecule has 0 spiro atoms. The summed E-state index contributed by atoms with van der Waals surface area (Å²) >= 11 is 0. The van der Waals surface area contributed by atoms with E-state index in [0.29, 0.717) is 6.42 Å². The van der Waals surface area contributed by atoms with Crippen molar-refractivity contribution in [2.24, 2.45) is 11.8 Å². The summed E-state index contributed by atoms with van der Waals surface area (Å²) in [5.41, 5.74) is 0. The molecule has 1 heterocycles. The molecule has 0 aromatic rings. The van der Waals surface area contributed by atoms with Crippen LogP contribution in [0.15, 0.2) is 0 Å². The van der Waals surface area contributed by atoms with Gasteiger partial charge in [0.1, 0.15) is 0 Å². The van der Waals surface area contributed by atoms with Crippen LogP contribution in [0.4, 0.5) is 0 Å². The molecule has 1 aliphatic carbocycles. The van der Waals surface area contributed by atoms with Crippen LogP contribution in [-0.4, -0.2) is 43.8 Å². The molecule has 0 aromatic carbocycles. The van der Waals surface area contributed by atoms with E-state index in [-0.39, 0.29) is 29.4 Å². The van der Waals surface area contributed by atoms with Crippen molar-refractivity contribution in [2.75, 3.05) is 18.6 Å². The fourth-order valence-electron chi connectivity index (χ4n) is 3.74. The minimum atomic E-state index is -2.92. The number of hydrogen-bond acceptors (Lipinski definition) is 3. The highest BCUT2D eigenvalue weighted by Crippen LogP contribution is 2.33. The lowest BCUT2D eigenvalue weighted by Gasteiger charge is -2.32. The summed E-state index contributed by atoms with van der Waals surface area (Å²) in [6, 6.07) is -0.0969. The summed E-state index contributed by atoms with van der Waals surface area (Å²) in [6.07, 6.45) is 8.74. The van der Waals surface area contributed by atoms with Gasteiger partial charge in [0.2, 0.25) is 5.91 Å². The van der Waals surface area contributed by atoms with Gasteiger partial charge in [-0.2, -0.15) is 0 Å². The third kappa shape index (κ3) is 4.44. The average Bonchev–Trinajstić information content (AvgIpc) is 2.84. The third-order valence-electron chi connectivity index (χ3n) is 5.27. The Morgan fingerprint density at radius 3 is 2.33 bits per heavy atom. The van der Waals surface area contributed by atoms with E-state index < -0.39 is 9.84 Å². The molecule has 0 aromatic heterocycles. The number of amides is 1. The Labute approximate surface area is 129 Å². The minimum Gasteiger partial charge on any atom is -0.341 e. The molecule has 0 radical (unpaired) electrons. The van der Waals surface area contributed by atoms with Crippen molar-refractivity contribution in [1.82, 2.24) is 4.90 Å². The Hall–Kier alpha value is -0.580. The maximum Gasteiger partial charge on any atom is 0.225 e. The van der Waals surface area contributed by atoms with E-state index >= 15 is 0 Å². The van der Waals surface area contributed by atoms with Gasteiger partial charge in [0, 0.05) is 19.0 Å². The second kappa shape index (κ2) is 7.12. The first-order chi connectivity index (χ1) is 9.93. The number of carbonyl (C=O) groups excluding carboxylic acids is 1. The number of nitrogens with zero attached hydrogens (tertiary/aromatic N) is 1. The highest BCUT2D eigenvalue weighted by molar-refractivity contribution is 7.91. The SMILES string of the molecule is CCCCC1CCC(C(=O)N(C)C2CCS(=O)(=O)C2)CC1. The summed E-state index contributed by atoms with van der Waals surface area (Å²) in [6.45, 7) is 2.22. The second-order valence-corrected chi connectivity index (χ2v) is 9.09. The van der Waals surface area contributed by atoms with Gasteiger partial charge in [0.15, 0.2) is 9.84 Å². The zero-order chi connectivity index (χ0) is 15.5. The standard InChI is InChI=1S/C16H29NO3S/c1-3-4-5-13-6-8-14(9-7-13)16(18)17(2)15-10-11-21(19,20)12-15/h13-15H,3-12H2,1-2H3. The van der Waals surface area contributed by atoms with Crippen molar-refractivity contribution < 1.29 is 13.2 Å². The zero-order valence-electron chi connectivity index (χ0n) is 13.4. The molecule has 4 nitrogen and oxygen atoms in total. The lowest BCUT2D eigenvalue weighted by Crippen LogP contribution is -2.42. The summed E-state index contributed by atoms with van der Waals surface area (Å²) in [4.78, 5) is 14.3. The summed E-state index contributed by atoms with van der Waals surface area (Å²) in [7, 11) is -1.13. The van der Waals surface area contributed by atoms with Crippen LogP contribution in [0.3, 0.4) is 0 Å². The number of unbranched alkanes of at least 4 members (excludes halogenated alkanes) is 1. The molecule has 1 atom stereocenters. The molecule has 1 saturated heterocycles. The molecule has 2 aliphatic rings. The smallest absolute Gasteiger partial charge is 0.225 e. The van der Waals surface area contributed by atoms with Crippen LogP contribution in [0.1, 0.15) is 58.3 Å². The summed E-state index contributed by atoms with van der Waals surface area (Å²) < 4.78 is 23.1. The fraction of sp³-hybridized carbons (Fsp3) is 0.938. The highest BCUT2D eigenvalue weighted by atomic mass is 32.2. The van der Waals surface area contributed by atoms with Crippen molar-refractivity contribution in [1.29, 1.82) is 0 Å². The van der Waals surface area contributed by atoms with E-state index in [1.54, 1.807) is 11.9 Å². The number of carbonyl (C=O) groups is 1. The van der Waals surface area contributed by atoms with Crippen molar-refractivity contribution in [3.05, 3.63) is 0 Å². The van der Waals surface area contributed by atoms with Gasteiger partial charge in [0.25, 0.3) is 0 Å². The zero-order valence-corrected chi connectivity index (χ0v) is 14.2. The van der Waals surface area contributed by atoms with E-state index in [9.17, 15) is 13.2 Å². The number of rotatable bonds is 5. The van der Waals surface area contributed by atoms with E-state index in [1.165, 1.54) is 19.3 Å². The summed E-state index contributed by atoms with van der Waals surface area (Å²) in [5.74, 6) is 1.48. The molecule has 0 N–H and O–H groups in total. The molecule has 1 unspecified atom stereocenters. The van der Waals surface area contributed by atoms with Gasteiger partial charge >= 0.3 is 0 Å². The normalized spacial score (nSPS) is 32.0. The van der Waals surface area contributed by atoms with Crippen LogP contribution >= 0.6 is 0 Å². The molecule has 1 aliphatic heterocycles. The van der Waals surface area contributed by atoms with E-state index in [1.807, 2.05) is 0 Å². The Bertz CT molecular complexity index is 452. The van der Waals surface area contributed by atoms with E-state index in [4.69, 9.17) is 0 Å². The number of sulfone groups is 1. The monoisotopic (exact) mass is 315 g/mol. The van der Waals surface area contributed by atoms with Crippen LogP contribution in [0.25, 0.3) is 0 Å². The molecule has 0 bridgehead atoms. The quantitative estimate of drug-likeness (QED) is 0.783. The molecule has 21 heavy (non-hydrogen) atoms. The van der Waals surface area contributed by atoms with Crippen LogP contribution in [0.5, 0.6) is 0 Å². The topological polar surface area (TPSA) is 54.5 Å². The molecule has 1 amide bonds. The predicted octanol–water partition coefficient (Wildman–Crippen LogP) is 2.63. The Balaban J connectivity index is 1.81. The van der Waals surface area contributed by atoms with Gasteiger partial charge in [-0.05, 0) is 38.0 Å². The van der Waals surface area contributed by atoms with Gasteiger partial charge in [-0.1, -0.05) is 26.2 Å². The van der Waals surface area contributed by atoms with Gasteiger partial charge in [-0.3, -0.25) is 4.79 Å². The highest BCUT2D eigenvalue weighted by Gasteiger charge is 2.36. The maximum atomic E-state index is 12.5. The van der Waals surface area contributed by atoms with E-state index in [2.05, 4.69) is 6.92 Å². The average molecular weight is 315 g/mol. The molecule has 2 rings (SSSR count). The van der Waals surface area contributed by atoms with Crippen molar-refractivity contribution >= 4 is 15.7 Å². The first-order valence-electron chi connectivity index (χ1n) is 8.40. The van der Waals surface area contributed by atoms with Gasteiger partial charge in [-0.15, -0.1) is 0 Å². The van der Waals surface area contributed by atoms with Crippen LogP contribution in [0.2, 0.25) is 0 Å². The minimum absolute atomic E-state index is 0.0969. The van der Waals surface area contributed by atoms with Crippen molar-refractivity contribution in [3.63, 3.8) is 0 Å². The van der Waals surface area contributed by atoms with Crippen LogP contribution in [0, 0.1) is 11.8 Å². The Morgan fingerprint density at radius 2 is 1.81 bits per heavy atom. The van der Waals surface area contributed by atoms with Crippen LogP contribution < -0.4 is 0 Å². The van der Waals surface area contributed by atoms with Crippen molar-refractivity contribution in [2.45, 2.75) is 64.3 Å². The largest absolute Gasteiger partial charge is 0.341 e. The molecular formula is C16H29NO3S. The third-order valence-corrected chi connectivity index (χ3v) is 7.02. The molecular weight excluding hydrogens is 286 g/mol. The lowest BCUT2D eigenvalue weighted by molar-refractivity contribution is -0.137. The van der Waals surface area contributed by atoms with Crippen molar-refractivity contribution in [3.8, 4) is 0 Å². The van der Waals surface area contributed by atoms with Gasteiger partial charge in [0.05, 0.1) is 11.5 Å². The predicted molar refractivity (Wildman–Crippen MR) is 84.8 cm³/mol. The van der Waals surface area contributed by atoms with Crippen LogP contribution in [-0.2, 0) is 14.6 Å². The molecule has 2 fully saturated rings. The molecule has 1 saturated carbocycles. The maximum absolute atomic E-state index is 12.5. The van der Waals surface area contributed by atoms with Gasteiger partial charge in [-0.25, -0.2) is 8.42 Å². The second-order valence-electron chi connectivity index (χ2n) is 6.87. The molecule has 122 valence electrons. The first kappa shape index (κ1) is 16.8. The number of hydrogen-bond donors (Lipinski definition) is 0. The Kier molecular flexibility index (Phi) is 5.69. The van der Waals surface area contributed by atoms with E-state index in [0.717, 1.165) is 31.6 Å². The van der Waals surface area contributed by atoms with Gasteiger partial charge < -0.3 is 4.90 Å². The lowest BCUT2D eigenvalue weighted by atomic mass is 9.79. The fourth-order valence-corrected chi connectivity index (χ4v) is 5.51. The summed E-state index contributed by atoms with van der Waals surface area (Å²) in [5, 5.41) is 0. The molecule has 5 heteroatoms. The first-order valence-corrected chi connectivity index (χ1v) is 10.2.